The zero-order valence-corrected chi connectivity index (χ0v) is 6.52. The summed E-state index contributed by atoms with van der Waals surface area (Å²) >= 11 is 5.54. The number of alkyl halides is 1. The van der Waals surface area contributed by atoms with Crippen molar-refractivity contribution < 1.29 is 5.11 Å². The second kappa shape index (κ2) is 2.93. The van der Waals surface area contributed by atoms with Gasteiger partial charge in [-0.1, -0.05) is 12.1 Å². The van der Waals surface area contributed by atoms with Crippen LogP contribution in [0, 0.1) is 6.92 Å². The smallest absolute Gasteiger partial charge is 0.118 e. The van der Waals surface area contributed by atoms with Gasteiger partial charge in [-0.05, 0) is 24.1 Å². The number of phenols is 1. The number of benzene rings is 1. The minimum absolute atomic E-state index is 0.318. The lowest BCUT2D eigenvalue weighted by Gasteiger charge is -1.99. The molecule has 0 spiro atoms. The molecule has 1 aromatic carbocycles. The number of hydrogen-bond donors (Lipinski definition) is 1. The van der Waals surface area contributed by atoms with Gasteiger partial charge in [0.25, 0.3) is 0 Å². The van der Waals surface area contributed by atoms with E-state index in [9.17, 15) is 5.11 Å². The van der Waals surface area contributed by atoms with Crippen molar-refractivity contribution in [1.29, 1.82) is 0 Å². The molecule has 1 aromatic rings. The third-order valence-electron chi connectivity index (χ3n) is 1.43. The van der Waals surface area contributed by atoms with Gasteiger partial charge in [0.2, 0.25) is 0 Å². The van der Waals surface area contributed by atoms with Crippen LogP contribution in [0.5, 0.6) is 5.75 Å². The Morgan fingerprint density at radius 2 is 2.20 bits per heavy atom. The molecular weight excluding hydrogens is 148 g/mol. The SMILES string of the molecule is Cc1ccc(CCl)cc1O. The van der Waals surface area contributed by atoms with Gasteiger partial charge in [-0.25, -0.2) is 0 Å². The van der Waals surface area contributed by atoms with Crippen LogP contribution in [0.3, 0.4) is 0 Å². The summed E-state index contributed by atoms with van der Waals surface area (Å²) in [6.07, 6.45) is 0. The minimum atomic E-state index is 0.318. The Kier molecular flexibility index (Phi) is 2.17. The number of phenolic OH excluding ortho intramolecular Hbond substituents is 1. The van der Waals surface area contributed by atoms with E-state index in [4.69, 9.17) is 11.6 Å². The highest BCUT2D eigenvalue weighted by molar-refractivity contribution is 6.17. The molecule has 2 heteroatoms. The van der Waals surface area contributed by atoms with Crippen molar-refractivity contribution in [3.63, 3.8) is 0 Å². The van der Waals surface area contributed by atoms with E-state index < -0.39 is 0 Å². The minimum Gasteiger partial charge on any atom is -0.508 e. The fourth-order valence-corrected chi connectivity index (χ4v) is 0.904. The van der Waals surface area contributed by atoms with E-state index >= 15 is 0 Å². The van der Waals surface area contributed by atoms with Crippen molar-refractivity contribution >= 4 is 11.6 Å². The van der Waals surface area contributed by atoms with E-state index in [1.807, 2.05) is 19.1 Å². The van der Waals surface area contributed by atoms with Gasteiger partial charge in [-0.15, -0.1) is 11.6 Å². The highest BCUT2D eigenvalue weighted by Gasteiger charge is 1.95. The molecule has 0 aliphatic rings. The van der Waals surface area contributed by atoms with Crippen LogP contribution in [0.2, 0.25) is 0 Å². The van der Waals surface area contributed by atoms with E-state index in [0.717, 1.165) is 11.1 Å². The molecule has 0 heterocycles. The van der Waals surface area contributed by atoms with Gasteiger partial charge in [0, 0.05) is 5.88 Å². The number of aromatic hydroxyl groups is 1. The Hall–Kier alpha value is -0.690. The predicted molar refractivity (Wildman–Crippen MR) is 42.4 cm³/mol. The van der Waals surface area contributed by atoms with Gasteiger partial charge in [0.15, 0.2) is 0 Å². The average molecular weight is 157 g/mol. The summed E-state index contributed by atoms with van der Waals surface area (Å²) in [6, 6.07) is 5.44. The topological polar surface area (TPSA) is 20.2 Å². The molecule has 54 valence electrons. The van der Waals surface area contributed by atoms with Crippen LogP contribution in [0.1, 0.15) is 11.1 Å². The third kappa shape index (κ3) is 1.42. The number of rotatable bonds is 1. The zero-order chi connectivity index (χ0) is 7.56. The Balaban J connectivity index is 3.04. The van der Waals surface area contributed by atoms with Gasteiger partial charge in [0.05, 0.1) is 0 Å². The second-order valence-electron chi connectivity index (χ2n) is 2.25. The Labute approximate surface area is 65.3 Å². The van der Waals surface area contributed by atoms with Gasteiger partial charge in [-0.2, -0.15) is 0 Å². The highest BCUT2D eigenvalue weighted by Crippen LogP contribution is 2.18. The second-order valence-corrected chi connectivity index (χ2v) is 2.52. The van der Waals surface area contributed by atoms with Gasteiger partial charge in [-0.3, -0.25) is 0 Å². The molecule has 0 bridgehead atoms. The van der Waals surface area contributed by atoms with E-state index in [-0.39, 0.29) is 0 Å². The number of aryl methyl sites for hydroxylation is 1. The fraction of sp³-hybridized carbons (Fsp3) is 0.250. The highest BCUT2D eigenvalue weighted by atomic mass is 35.5. The molecule has 0 unspecified atom stereocenters. The normalized spacial score (nSPS) is 9.80. The molecule has 1 N–H and O–H groups in total. The summed E-state index contributed by atoms with van der Waals surface area (Å²) in [5, 5.41) is 9.17. The fourth-order valence-electron chi connectivity index (χ4n) is 0.738. The van der Waals surface area contributed by atoms with Gasteiger partial charge in [0.1, 0.15) is 5.75 Å². The lowest BCUT2D eigenvalue weighted by molar-refractivity contribution is 0.470. The molecule has 0 saturated heterocycles. The summed E-state index contributed by atoms with van der Waals surface area (Å²) in [4.78, 5) is 0. The maximum absolute atomic E-state index is 9.17. The molecule has 1 nitrogen and oxygen atoms in total. The monoisotopic (exact) mass is 156 g/mol. The summed E-state index contributed by atoms with van der Waals surface area (Å²) in [6.45, 7) is 1.85. The molecule has 0 atom stereocenters. The summed E-state index contributed by atoms with van der Waals surface area (Å²) in [5.41, 5.74) is 1.83. The van der Waals surface area contributed by atoms with Gasteiger partial charge < -0.3 is 5.11 Å². The summed E-state index contributed by atoms with van der Waals surface area (Å²) in [7, 11) is 0. The van der Waals surface area contributed by atoms with E-state index in [1.54, 1.807) is 6.07 Å². The maximum Gasteiger partial charge on any atom is 0.118 e. The maximum atomic E-state index is 9.17. The van der Waals surface area contributed by atoms with Crippen molar-refractivity contribution in [2.24, 2.45) is 0 Å². The number of halogens is 1. The zero-order valence-electron chi connectivity index (χ0n) is 5.76. The van der Waals surface area contributed by atoms with Crippen LogP contribution in [0.15, 0.2) is 18.2 Å². The van der Waals surface area contributed by atoms with Crippen molar-refractivity contribution in [2.45, 2.75) is 12.8 Å². The Morgan fingerprint density at radius 1 is 1.50 bits per heavy atom. The molecule has 0 amide bonds. The molecule has 0 aromatic heterocycles. The molecule has 0 radical (unpaired) electrons. The van der Waals surface area contributed by atoms with Crippen molar-refractivity contribution in [2.75, 3.05) is 0 Å². The summed E-state index contributed by atoms with van der Waals surface area (Å²) < 4.78 is 0. The Morgan fingerprint density at radius 3 is 2.70 bits per heavy atom. The van der Waals surface area contributed by atoms with Crippen LogP contribution in [0.4, 0.5) is 0 Å². The largest absolute Gasteiger partial charge is 0.508 e. The van der Waals surface area contributed by atoms with Crippen LogP contribution in [0.25, 0.3) is 0 Å². The van der Waals surface area contributed by atoms with Crippen molar-refractivity contribution in [3.05, 3.63) is 29.3 Å². The first-order chi connectivity index (χ1) is 4.74. The summed E-state index contributed by atoms with van der Waals surface area (Å²) in [5.74, 6) is 0.770. The van der Waals surface area contributed by atoms with Crippen LogP contribution in [-0.4, -0.2) is 5.11 Å². The van der Waals surface area contributed by atoms with Crippen molar-refractivity contribution in [3.8, 4) is 5.75 Å². The van der Waals surface area contributed by atoms with E-state index in [1.165, 1.54) is 0 Å². The molecular formula is C8H9ClO. The molecule has 0 saturated carbocycles. The van der Waals surface area contributed by atoms with E-state index in [2.05, 4.69) is 0 Å². The molecule has 0 aliphatic heterocycles. The Bertz CT molecular complexity index is 233. The van der Waals surface area contributed by atoms with Crippen LogP contribution < -0.4 is 0 Å². The quantitative estimate of drug-likeness (QED) is 0.620. The standard InChI is InChI=1S/C8H9ClO/c1-6-2-3-7(5-9)4-8(6)10/h2-4,10H,5H2,1H3. The first-order valence-corrected chi connectivity index (χ1v) is 3.62. The molecule has 0 aliphatic carbocycles. The molecule has 0 fully saturated rings. The lowest BCUT2D eigenvalue weighted by atomic mass is 10.1. The van der Waals surface area contributed by atoms with E-state index in [0.29, 0.717) is 11.6 Å². The first-order valence-electron chi connectivity index (χ1n) is 3.08. The van der Waals surface area contributed by atoms with Crippen LogP contribution >= 0.6 is 11.6 Å². The van der Waals surface area contributed by atoms with Crippen molar-refractivity contribution in [1.82, 2.24) is 0 Å². The molecule has 1 rings (SSSR count). The first kappa shape index (κ1) is 7.42. The average Bonchev–Trinajstić information content (AvgIpc) is 1.95. The third-order valence-corrected chi connectivity index (χ3v) is 1.74. The van der Waals surface area contributed by atoms with Gasteiger partial charge >= 0.3 is 0 Å². The lowest BCUT2D eigenvalue weighted by Crippen LogP contribution is -1.78. The molecule has 10 heavy (non-hydrogen) atoms. The predicted octanol–water partition coefficient (Wildman–Crippen LogP) is 2.44. The van der Waals surface area contributed by atoms with Crippen LogP contribution in [-0.2, 0) is 5.88 Å². The number of hydrogen-bond acceptors (Lipinski definition) is 1.